The SMILES string of the molecule is [CH2]CC(=C/C=C)/C(C(=NC)C1CCC1)=C(\C)Cc1ccc(OC(F)(F)F)cc1C. The Balaban J connectivity index is 2.42. The van der Waals surface area contributed by atoms with Gasteiger partial charge in [-0.3, -0.25) is 4.99 Å². The third-order valence-electron chi connectivity index (χ3n) is 5.33. The molecule has 0 amide bonds. The lowest BCUT2D eigenvalue weighted by atomic mass is 9.75. The van der Waals surface area contributed by atoms with Crippen molar-refractivity contribution in [2.75, 3.05) is 7.05 Å². The van der Waals surface area contributed by atoms with Crippen molar-refractivity contribution in [3.8, 4) is 5.75 Å². The molecule has 1 radical (unpaired) electrons. The molecule has 1 fully saturated rings. The van der Waals surface area contributed by atoms with Gasteiger partial charge in [-0.1, -0.05) is 36.8 Å². The maximum Gasteiger partial charge on any atom is 0.573 e. The average Bonchev–Trinajstić information content (AvgIpc) is 2.59. The van der Waals surface area contributed by atoms with E-state index >= 15 is 0 Å². The first-order valence-electron chi connectivity index (χ1n) is 9.83. The van der Waals surface area contributed by atoms with Crippen molar-refractivity contribution in [1.82, 2.24) is 0 Å². The van der Waals surface area contributed by atoms with Gasteiger partial charge in [0.15, 0.2) is 0 Å². The van der Waals surface area contributed by atoms with Crippen molar-refractivity contribution in [2.45, 2.75) is 52.3 Å². The minimum absolute atomic E-state index is 0.198. The molecule has 1 aliphatic carbocycles. The van der Waals surface area contributed by atoms with E-state index in [4.69, 9.17) is 0 Å². The first-order valence-corrected chi connectivity index (χ1v) is 9.83. The van der Waals surface area contributed by atoms with Crippen molar-refractivity contribution in [3.63, 3.8) is 0 Å². The fourth-order valence-corrected chi connectivity index (χ4v) is 3.71. The molecule has 157 valence electrons. The van der Waals surface area contributed by atoms with Crippen molar-refractivity contribution in [1.29, 1.82) is 0 Å². The van der Waals surface area contributed by atoms with Crippen LogP contribution in [0.1, 0.15) is 43.7 Å². The molecule has 1 saturated carbocycles. The van der Waals surface area contributed by atoms with E-state index in [2.05, 4.69) is 30.2 Å². The second-order valence-electron chi connectivity index (χ2n) is 7.38. The molecule has 5 heteroatoms. The largest absolute Gasteiger partial charge is 0.573 e. The van der Waals surface area contributed by atoms with Gasteiger partial charge in [0, 0.05) is 18.7 Å². The molecule has 0 aliphatic heterocycles. The molecule has 1 aliphatic rings. The number of alkyl halides is 3. The number of nitrogens with zero attached hydrogens (tertiary/aromatic N) is 1. The van der Waals surface area contributed by atoms with E-state index < -0.39 is 6.36 Å². The van der Waals surface area contributed by atoms with Crippen LogP contribution < -0.4 is 4.74 Å². The number of halogens is 3. The van der Waals surface area contributed by atoms with E-state index in [0.717, 1.165) is 46.4 Å². The van der Waals surface area contributed by atoms with Gasteiger partial charge >= 0.3 is 6.36 Å². The molecule has 0 saturated heterocycles. The van der Waals surface area contributed by atoms with Crippen LogP contribution in [-0.4, -0.2) is 19.1 Å². The fourth-order valence-electron chi connectivity index (χ4n) is 3.71. The molecule has 0 aromatic heterocycles. The molecule has 0 spiro atoms. The van der Waals surface area contributed by atoms with Gasteiger partial charge in [-0.25, -0.2) is 0 Å². The summed E-state index contributed by atoms with van der Waals surface area (Å²) in [5.74, 6) is 0.254. The van der Waals surface area contributed by atoms with Crippen molar-refractivity contribution in [3.05, 3.63) is 71.7 Å². The summed E-state index contributed by atoms with van der Waals surface area (Å²) in [5, 5.41) is 0. The second kappa shape index (κ2) is 9.95. The Bertz CT molecular complexity index is 827. The smallest absolute Gasteiger partial charge is 0.406 e. The molecule has 0 atom stereocenters. The number of rotatable bonds is 8. The molecule has 1 aromatic carbocycles. The zero-order valence-electron chi connectivity index (χ0n) is 17.4. The third kappa shape index (κ3) is 6.09. The van der Waals surface area contributed by atoms with Gasteiger partial charge in [-0.05, 0) is 80.9 Å². The summed E-state index contributed by atoms with van der Waals surface area (Å²) in [6.45, 7) is 11.7. The van der Waals surface area contributed by atoms with E-state index in [1.165, 1.54) is 18.6 Å². The Kier molecular flexibility index (Phi) is 7.88. The minimum Gasteiger partial charge on any atom is -0.406 e. The van der Waals surface area contributed by atoms with Crippen molar-refractivity contribution < 1.29 is 17.9 Å². The molecule has 1 aromatic rings. The van der Waals surface area contributed by atoms with Crippen LogP contribution in [0.15, 0.2) is 58.6 Å². The lowest BCUT2D eigenvalue weighted by Gasteiger charge is -2.30. The summed E-state index contributed by atoms with van der Waals surface area (Å²) in [6, 6.07) is 4.49. The maximum absolute atomic E-state index is 12.5. The second-order valence-corrected chi connectivity index (χ2v) is 7.38. The summed E-state index contributed by atoms with van der Waals surface area (Å²) >= 11 is 0. The standard InChI is InChI=1S/C24H29F3NO/c1-6-9-18(7-2)22(23(28-5)19-10-8-11-19)17(4)14-20-12-13-21(15-16(20)3)29-24(25,26)27/h6,9,12-13,15,19H,1-2,7-8,10-11,14H2,3-5H3/b18-9-,22-17-,28-23?. The monoisotopic (exact) mass is 404 g/mol. The topological polar surface area (TPSA) is 21.6 Å². The van der Waals surface area contributed by atoms with Crippen LogP contribution in [0.4, 0.5) is 13.2 Å². The van der Waals surface area contributed by atoms with Crippen molar-refractivity contribution >= 4 is 5.71 Å². The number of hydrogen-bond acceptors (Lipinski definition) is 2. The first-order chi connectivity index (χ1) is 13.7. The normalized spacial score (nSPS) is 16.9. The van der Waals surface area contributed by atoms with Crippen LogP contribution in [0.5, 0.6) is 5.75 Å². The van der Waals surface area contributed by atoms with Crippen LogP contribution >= 0.6 is 0 Å². The highest BCUT2D eigenvalue weighted by molar-refractivity contribution is 6.06. The average molecular weight is 404 g/mol. The van der Waals surface area contributed by atoms with E-state index in [9.17, 15) is 13.2 Å². The number of hydrogen-bond donors (Lipinski definition) is 0. The van der Waals surface area contributed by atoms with E-state index in [1.54, 1.807) is 19.1 Å². The van der Waals surface area contributed by atoms with Gasteiger partial charge in [-0.2, -0.15) is 0 Å². The Morgan fingerprint density at radius 3 is 2.45 bits per heavy atom. The molecular weight excluding hydrogens is 375 g/mol. The van der Waals surface area contributed by atoms with Crippen LogP contribution in [0.25, 0.3) is 0 Å². The summed E-state index contributed by atoms with van der Waals surface area (Å²) < 4.78 is 41.4. The first kappa shape index (κ1) is 23.0. The fraction of sp³-hybridized carbons (Fsp3) is 0.417. The summed E-state index contributed by atoms with van der Waals surface area (Å²) in [6.07, 6.45) is 3.75. The van der Waals surface area contributed by atoms with Crippen LogP contribution in [0.2, 0.25) is 0 Å². The van der Waals surface area contributed by atoms with Crippen LogP contribution in [0, 0.1) is 19.8 Å². The Labute approximate surface area is 171 Å². The van der Waals surface area contributed by atoms with Gasteiger partial charge in [0.2, 0.25) is 0 Å². The van der Waals surface area contributed by atoms with E-state index in [1.807, 2.05) is 13.1 Å². The molecule has 0 heterocycles. The summed E-state index contributed by atoms with van der Waals surface area (Å²) in [5.41, 5.74) is 6.14. The molecular formula is C24H29F3NO. The quantitative estimate of drug-likeness (QED) is 0.339. The van der Waals surface area contributed by atoms with Gasteiger partial charge < -0.3 is 4.74 Å². The summed E-state index contributed by atoms with van der Waals surface area (Å²) in [7, 11) is 1.82. The predicted molar refractivity (Wildman–Crippen MR) is 113 cm³/mol. The van der Waals surface area contributed by atoms with Gasteiger partial charge in [0.1, 0.15) is 5.75 Å². The minimum atomic E-state index is -4.69. The zero-order valence-corrected chi connectivity index (χ0v) is 17.4. The Hall–Kier alpha value is -2.30. The van der Waals surface area contributed by atoms with Crippen molar-refractivity contribution in [2.24, 2.45) is 10.9 Å². The summed E-state index contributed by atoms with van der Waals surface area (Å²) in [4.78, 5) is 4.61. The highest BCUT2D eigenvalue weighted by atomic mass is 19.4. The lowest BCUT2D eigenvalue weighted by molar-refractivity contribution is -0.274. The molecule has 0 bridgehead atoms. The van der Waals surface area contributed by atoms with Gasteiger partial charge in [0.05, 0.1) is 0 Å². The number of benzene rings is 1. The molecule has 29 heavy (non-hydrogen) atoms. The number of aryl methyl sites for hydroxylation is 1. The Morgan fingerprint density at radius 2 is 2.00 bits per heavy atom. The highest BCUT2D eigenvalue weighted by Gasteiger charge is 2.31. The molecule has 2 rings (SSSR count). The van der Waals surface area contributed by atoms with Crippen LogP contribution in [0.3, 0.4) is 0 Å². The predicted octanol–water partition coefficient (Wildman–Crippen LogP) is 6.96. The van der Waals surface area contributed by atoms with Gasteiger partial charge in [-0.15, -0.1) is 13.2 Å². The lowest BCUT2D eigenvalue weighted by Crippen LogP contribution is -2.25. The zero-order chi connectivity index (χ0) is 21.6. The molecule has 0 N–H and O–H groups in total. The molecule has 2 nitrogen and oxygen atoms in total. The Morgan fingerprint density at radius 1 is 1.31 bits per heavy atom. The number of allylic oxidation sites excluding steroid dienone is 5. The van der Waals surface area contributed by atoms with Gasteiger partial charge in [0.25, 0.3) is 0 Å². The highest BCUT2D eigenvalue weighted by Crippen LogP contribution is 2.35. The third-order valence-corrected chi connectivity index (χ3v) is 5.33. The number of aliphatic imine (C=N–C) groups is 1. The maximum atomic E-state index is 12.5. The molecule has 0 unspecified atom stereocenters. The van der Waals surface area contributed by atoms with E-state index in [-0.39, 0.29) is 5.75 Å². The van der Waals surface area contributed by atoms with E-state index in [0.29, 0.717) is 18.8 Å². The van der Waals surface area contributed by atoms with Crippen LogP contribution in [-0.2, 0) is 6.42 Å². The number of ether oxygens (including phenoxy) is 1.